The van der Waals surface area contributed by atoms with Crippen molar-refractivity contribution >= 4 is 41.5 Å². The zero-order chi connectivity index (χ0) is 15.1. The number of halogens is 1. The molecule has 1 aromatic carbocycles. The summed E-state index contributed by atoms with van der Waals surface area (Å²) in [5.41, 5.74) is 7.57. The summed E-state index contributed by atoms with van der Waals surface area (Å²) in [5.74, 6) is 0.430. The van der Waals surface area contributed by atoms with Gasteiger partial charge in [-0.15, -0.1) is 24.0 Å². The van der Waals surface area contributed by atoms with Gasteiger partial charge in [-0.25, -0.2) is 4.99 Å². The first kappa shape index (κ1) is 19.7. The minimum atomic E-state index is -0.0267. The van der Waals surface area contributed by atoms with Crippen LogP contribution in [0.4, 0.5) is 5.69 Å². The van der Waals surface area contributed by atoms with Crippen molar-refractivity contribution in [1.82, 2.24) is 5.32 Å². The maximum Gasteiger partial charge on any atom is 0.226 e. The second-order valence-electron chi connectivity index (χ2n) is 5.34. The number of anilines is 1. The van der Waals surface area contributed by atoms with Gasteiger partial charge in [-0.05, 0) is 31.5 Å². The summed E-state index contributed by atoms with van der Waals surface area (Å²) >= 11 is 0. The highest BCUT2D eigenvalue weighted by Crippen LogP contribution is 2.11. The van der Waals surface area contributed by atoms with Gasteiger partial charge in [0, 0.05) is 17.6 Å². The Hall–Kier alpha value is -1.31. The van der Waals surface area contributed by atoms with Crippen LogP contribution in [0.3, 0.4) is 0 Å². The van der Waals surface area contributed by atoms with Gasteiger partial charge in [0.25, 0.3) is 0 Å². The normalized spacial score (nSPS) is 11.2. The van der Waals surface area contributed by atoms with E-state index in [2.05, 4.69) is 15.6 Å². The third-order valence-electron chi connectivity index (χ3n) is 2.61. The zero-order valence-electron chi connectivity index (χ0n) is 13.0. The van der Waals surface area contributed by atoms with Crippen LogP contribution in [0.2, 0.25) is 0 Å². The predicted molar refractivity (Wildman–Crippen MR) is 98.9 cm³/mol. The van der Waals surface area contributed by atoms with Crippen molar-refractivity contribution < 1.29 is 4.79 Å². The molecule has 0 fully saturated rings. The number of hydrogen-bond donors (Lipinski definition) is 3. The fourth-order valence-corrected chi connectivity index (χ4v) is 1.50. The Morgan fingerprint density at radius 1 is 1.19 bits per heavy atom. The lowest BCUT2D eigenvalue weighted by Gasteiger charge is -2.09. The topological polar surface area (TPSA) is 79.5 Å². The minimum Gasteiger partial charge on any atom is -0.370 e. The van der Waals surface area contributed by atoms with Crippen molar-refractivity contribution in [2.24, 2.45) is 16.6 Å². The van der Waals surface area contributed by atoms with Crippen LogP contribution >= 0.6 is 24.0 Å². The van der Waals surface area contributed by atoms with Crippen LogP contribution in [0, 0.1) is 5.92 Å². The first-order chi connectivity index (χ1) is 9.38. The molecular formula is C15H25IN4O. The molecule has 0 aliphatic carbocycles. The molecule has 0 aromatic heterocycles. The molecule has 1 rings (SSSR count). The number of amides is 1. The van der Waals surface area contributed by atoms with Crippen molar-refractivity contribution in [3.8, 4) is 0 Å². The average molecular weight is 404 g/mol. The fraction of sp³-hybridized carbons (Fsp3) is 0.467. The molecule has 0 saturated heterocycles. The van der Waals surface area contributed by atoms with Gasteiger partial charge in [0.05, 0.1) is 6.54 Å². The number of carbonyl (C=O) groups is 1. The molecule has 0 unspecified atom stereocenters. The Balaban J connectivity index is 0.00000400. The van der Waals surface area contributed by atoms with Crippen molar-refractivity contribution in [3.05, 3.63) is 29.8 Å². The van der Waals surface area contributed by atoms with E-state index in [9.17, 15) is 4.79 Å². The summed E-state index contributed by atoms with van der Waals surface area (Å²) in [6, 6.07) is 7.88. The van der Waals surface area contributed by atoms with Gasteiger partial charge in [-0.1, -0.05) is 26.0 Å². The number of guanidine groups is 1. The summed E-state index contributed by atoms with van der Waals surface area (Å²) in [5, 5.41) is 5.88. The van der Waals surface area contributed by atoms with Crippen LogP contribution in [-0.4, -0.2) is 17.9 Å². The largest absolute Gasteiger partial charge is 0.370 e. The van der Waals surface area contributed by atoms with E-state index in [1.165, 1.54) is 0 Å². The molecule has 21 heavy (non-hydrogen) atoms. The van der Waals surface area contributed by atoms with Crippen LogP contribution in [-0.2, 0) is 11.3 Å². The highest BCUT2D eigenvalue weighted by Gasteiger charge is 2.06. The molecular weight excluding hydrogens is 379 g/mol. The molecule has 0 aliphatic heterocycles. The van der Waals surface area contributed by atoms with Crippen LogP contribution in [0.5, 0.6) is 0 Å². The van der Waals surface area contributed by atoms with Crippen LogP contribution in [0.15, 0.2) is 29.3 Å². The molecule has 6 heteroatoms. The molecule has 5 nitrogen and oxygen atoms in total. The molecule has 118 valence electrons. The number of rotatable bonds is 5. The summed E-state index contributed by atoms with van der Waals surface area (Å²) in [7, 11) is 0. The van der Waals surface area contributed by atoms with Crippen LogP contribution in [0.25, 0.3) is 0 Å². The number of carbonyl (C=O) groups excluding carboxylic acids is 1. The Labute approximate surface area is 143 Å². The van der Waals surface area contributed by atoms with E-state index in [4.69, 9.17) is 5.73 Å². The van der Waals surface area contributed by atoms with E-state index in [1.54, 1.807) is 0 Å². The highest BCUT2D eigenvalue weighted by molar-refractivity contribution is 14.0. The number of hydrogen-bond acceptors (Lipinski definition) is 2. The monoisotopic (exact) mass is 404 g/mol. The maximum atomic E-state index is 11.6. The first-order valence-electron chi connectivity index (χ1n) is 6.84. The highest BCUT2D eigenvalue weighted by atomic mass is 127. The predicted octanol–water partition coefficient (Wildman–Crippen LogP) is 2.71. The maximum absolute atomic E-state index is 11.6. The lowest BCUT2D eigenvalue weighted by Crippen LogP contribution is -2.36. The van der Waals surface area contributed by atoms with Crippen molar-refractivity contribution in [2.45, 2.75) is 40.3 Å². The SMILES string of the molecule is CC(C)NC(N)=NCc1ccc(NC(=O)C(C)C)cc1.I. The standard InChI is InChI=1S/C15H24N4O.HI/c1-10(2)14(20)19-13-7-5-12(6-8-13)9-17-15(16)18-11(3)4;/h5-8,10-11H,9H2,1-4H3,(H,19,20)(H3,16,17,18);1H. The third-order valence-corrected chi connectivity index (χ3v) is 2.61. The second kappa shape index (κ2) is 9.59. The summed E-state index contributed by atoms with van der Waals surface area (Å²) in [6.45, 7) is 8.26. The Morgan fingerprint density at radius 3 is 2.24 bits per heavy atom. The number of nitrogens with two attached hydrogens (primary N) is 1. The van der Waals surface area contributed by atoms with E-state index >= 15 is 0 Å². The van der Waals surface area contributed by atoms with Crippen LogP contribution in [0.1, 0.15) is 33.3 Å². The molecule has 4 N–H and O–H groups in total. The lowest BCUT2D eigenvalue weighted by molar-refractivity contribution is -0.118. The molecule has 1 aromatic rings. The van der Waals surface area contributed by atoms with Gasteiger partial charge in [0.1, 0.15) is 0 Å². The van der Waals surface area contributed by atoms with E-state index < -0.39 is 0 Å². The number of nitrogens with zero attached hydrogens (tertiary/aromatic N) is 1. The second-order valence-corrected chi connectivity index (χ2v) is 5.34. The van der Waals surface area contributed by atoms with Gasteiger partial charge in [-0.3, -0.25) is 4.79 Å². The van der Waals surface area contributed by atoms with E-state index in [0.29, 0.717) is 12.5 Å². The van der Waals surface area contributed by atoms with E-state index in [-0.39, 0.29) is 41.8 Å². The molecule has 1 amide bonds. The number of benzene rings is 1. The molecule has 0 saturated carbocycles. The van der Waals surface area contributed by atoms with Crippen molar-refractivity contribution in [2.75, 3.05) is 5.32 Å². The number of aliphatic imine (C=N–C) groups is 1. The summed E-state index contributed by atoms with van der Waals surface area (Å²) in [6.07, 6.45) is 0. The molecule has 0 spiro atoms. The summed E-state index contributed by atoms with van der Waals surface area (Å²) < 4.78 is 0. The van der Waals surface area contributed by atoms with Gasteiger partial charge in [-0.2, -0.15) is 0 Å². The lowest BCUT2D eigenvalue weighted by atomic mass is 10.2. The third kappa shape index (κ3) is 7.89. The quantitative estimate of drug-likeness (QED) is 0.401. The Bertz CT molecular complexity index is 469. The van der Waals surface area contributed by atoms with E-state index in [0.717, 1.165) is 11.3 Å². The smallest absolute Gasteiger partial charge is 0.226 e. The van der Waals surface area contributed by atoms with Crippen molar-refractivity contribution in [1.29, 1.82) is 0 Å². The molecule has 0 heterocycles. The van der Waals surface area contributed by atoms with E-state index in [1.807, 2.05) is 52.0 Å². The molecule has 0 bridgehead atoms. The minimum absolute atomic E-state index is 0. The van der Waals surface area contributed by atoms with Gasteiger partial charge in [0.2, 0.25) is 5.91 Å². The fourth-order valence-electron chi connectivity index (χ4n) is 1.50. The van der Waals surface area contributed by atoms with Gasteiger partial charge >= 0.3 is 0 Å². The Kier molecular flexibility index (Phi) is 9.00. The van der Waals surface area contributed by atoms with Gasteiger partial charge in [0.15, 0.2) is 5.96 Å². The molecule has 0 atom stereocenters. The number of nitrogens with one attached hydrogen (secondary N) is 2. The molecule has 0 radical (unpaired) electrons. The first-order valence-corrected chi connectivity index (χ1v) is 6.84. The Morgan fingerprint density at radius 2 is 1.76 bits per heavy atom. The molecule has 0 aliphatic rings. The van der Waals surface area contributed by atoms with Gasteiger partial charge < -0.3 is 16.4 Å². The summed E-state index contributed by atoms with van der Waals surface area (Å²) in [4.78, 5) is 15.8. The average Bonchev–Trinajstić information content (AvgIpc) is 2.37. The van der Waals surface area contributed by atoms with Crippen molar-refractivity contribution in [3.63, 3.8) is 0 Å². The van der Waals surface area contributed by atoms with Crippen LogP contribution < -0.4 is 16.4 Å². The zero-order valence-corrected chi connectivity index (χ0v) is 15.3.